The lowest BCUT2D eigenvalue weighted by Gasteiger charge is -2.36. The molecule has 1 aromatic carbocycles. The largest absolute Gasteiger partial charge is 0.398 e. The molecule has 23 heavy (non-hydrogen) atoms. The van der Waals surface area contributed by atoms with Gasteiger partial charge in [0, 0.05) is 55.0 Å². The van der Waals surface area contributed by atoms with Crippen LogP contribution in [0.15, 0.2) is 42.7 Å². The number of rotatable bonds is 2. The molecule has 5 nitrogen and oxygen atoms in total. The zero-order valence-electron chi connectivity index (χ0n) is 12.5. The predicted molar refractivity (Wildman–Crippen MR) is 95.5 cm³/mol. The van der Waals surface area contributed by atoms with Crippen LogP contribution in [0.2, 0.25) is 5.02 Å². The number of nitrogens with two attached hydrogens (primary N) is 1. The quantitative estimate of drug-likeness (QED) is 0.902. The van der Waals surface area contributed by atoms with Crippen LogP contribution in [0.5, 0.6) is 0 Å². The van der Waals surface area contributed by atoms with Crippen LogP contribution >= 0.6 is 24.0 Å². The molecular formula is C16H18Cl2N4O. The van der Waals surface area contributed by atoms with Gasteiger partial charge < -0.3 is 15.5 Å². The van der Waals surface area contributed by atoms with Crippen molar-refractivity contribution in [1.29, 1.82) is 0 Å². The number of hydrogen-bond donors (Lipinski definition) is 1. The highest BCUT2D eigenvalue weighted by molar-refractivity contribution is 6.30. The van der Waals surface area contributed by atoms with E-state index in [1.807, 2.05) is 29.2 Å². The Bertz CT molecular complexity index is 687. The van der Waals surface area contributed by atoms with Crippen LogP contribution < -0.4 is 10.6 Å². The van der Waals surface area contributed by atoms with Gasteiger partial charge in [-0.15, -0.1) is 12.4 Å². The van der Waals surface area contributed by atoms with Gasteiger partial charge in [-0.25, -0.2) is 0 Å². The van der Waals surface area contributed by atoms with Gasteiger partial charge in [0.15, 0.2) is 0 Å². The average molecular weight is 353 g/mol. The lowest BCUT2D eigenvalue weighted by molar-refractivity contribution is 0.0747. The SMILES string of the molecule is Cl.Nc1ccncc1C(=O)N1CCN(c2cccc(Cl)c2)CC1. The maximum atomic E-state index is 12.5. The third kappa shape index (κ3) is 3.86. The van der Waals surface area contributed by atoms with E-state index in [1.54, 1.807) is 12.3 Å². The van der Waals surface area contributed by atoms with Crippen molar-refractivity contribution in [1.82, 2.24) is 9.88 Å². The Morgan fingerprint density at radius 3 is 2.57 bits per heavy atom. The maximum absolute atomic E-state index is 12.5. The molecule has 1 amide bonds. The fourth-order valence-electron chi connectivity index (χ4n) is 2.59. The van der Waals surface area contributed by atoms with Crippen LogP contribution in [-0.4, -0.2) is 42.0 Å². The van der Waals surface area contributed by atoms with Crippen molar-refractivity contribution in [2.75, 3.05) is 36.8 Å². The summed E-state index contributed by atoms with van der Waals surface area (Å²) in [6.45, 7) is 2.85. The lowest BCUT2D eigenvalue weighted by atomic mass is 10.2. The molecule has 3 rings (SSSR count). The smallest absolute Gasteiger partial charge is 0.257 e. The molecule has 0 bridgehead atoms. The fraction of sp³-hybridized carbons (Fsp3) is 0.250. The molecule has 122 valence electrons. The number of anilines is 2. The van der Waals surface area contributed by atoms with E-state index in [2.05, 4.69) is 9.88 Å². The number of halogens is 2. The first kappa shape index (κ1) is 17.4. The number of aromatic nitrogens is 1. The van der Waals surface area contributed by atoms with E-state index in [0.29, 0.717) is 24.3 Å². The summed E-state index contributed by atoms with van der Waals surface area (Å²) in [6.07, 6.45) is 3.12. The summed E-state index contributed by atoms with van der Waals surface area (Å²) < 4.78 is 0. The Hall–Kier alpha value is -1.98. The zero-order valence-corrected chi connectivity index (χ0v) is 14.1. The number of amides is 1. The van der Waals surface area contributed by atoms with Crippen molar-refractivity contribution in [3.05, 3.63) is 53.3 Å². The van der Waals surface area contributed by atoms with Gasteiger partial charge in [0.1, 0.15) is 0 Å². The maximum Gasteiger partial charge on any atom is 0.257 e. The van der Waals surface area contributed by atoms with Crippen molar-refractivity contribution < 1.29 is 4.79 Å². The van der Waals surface area contributed by atoms with E-state index in [9.17, 15) is 4.79 Å². The molecule has 7 heteroatoms. The van der Waals surface area contributed by atoms with Crippen molar-refractivity contribution in [2.24, 2.45) is 0 Å². The summed E-state index contributed by atoms with van der Waals surface area (Å²) in [5.74, 6) is -0.0589. The number of benzene rings is 1. The Labute approximate surface area is 146 Å². The minimum atomic E-state index is -0.0589. The minimum Gasteiger partial charge on any atom is -0.398 e. The number of carbonyl (C=O) groups excluding carboxylic acids is 1. The molecule has 2 N–H and O–H groups in total. The van der Waals surface area contributed by atoms with E-state index < -0.39 is 0 Å². The molecule has 0 spiro atoms. The van der Waals surface area contributed by atoms with E-state index in [-0.39, 0.29) is 18.3 Å². The van der Waals surface area contributed by atoms with Crippen molar-refractivity contribution in [2.45, 2.75) is 0 Å². The van der Waals surface area contributed by atoms with Crippen LogP contribution in [-0.2, 0) is 0 Å². The first-order valence-electron chi connectivity index (χ1n) is 7.14. The molecule has 1 aliphatic heterocycles. The van der Waals surface area contributed by atoms with Crippen molar-refractivity contribution in [3.8, 4) is 0 Å². The second-order valence-corrected chi connectivity index (χ2v) is 5.66. The Morgan fingerprint density at radius 1 is 1.17 bits per heavy atom. The van der Waals surface area contributed by atoms with Crippen LogP contribution in [0.1, 0.15) is 10.4 Å². The molecule has 2 aromatic rings. The summed E-state index contributed by atoms with van der Waals surface area (Å²) in [6, 6.07) is 9.41. The zero-order chi connectivity index (χ0) is 15.5. The first-order valence-corrected chi connectivity index (χ1v) is 7.52. The third-order valence-corrected chi connectivity index (χ3v) is 4.06. The Balaban J connectivity index is 0.00000192. The van der Waals surface area contributed by atoms with Gasteiger partial charge in [-0.3, -0.25) is 9.78 Å². The highest BCUT2D eigenvalue weighted by Crippen LogP contribution is 2.21. The van der Waals surface area contributed by atoms with E-state index >= 15 is 0 Å². The predicted octanol–water partition coefficient (Wildman–Crippen LogP) is 2.70. The molecule has 0 atom stereocenters. The third-order valence-electron chi connectivity index (χ3n) is 3.83. The minimum absolute atomic E-state index is 0. The van der Waals surface area contributed by atoms with Crippen LogP contribution in [0.3, 0.4) is 0 Å². The summed E-state index contributed by atoms with van der Waals surface area (Å²) in [4.78, 5) is 20.5. The Kier molecular flexibility index (Phi) is 5.69. The lowest BCUT2D eigenvalue weighted by Crippen LogP contribution is -2.49. The van der Waals surface area contributed by atoms with Crippen LogP contribution in [0.4, 0.5) is 11.4 Å². The highest BCUT2D eigenvalue weighted by Gasteiger charge is 2.23. The molecule has 0 unspecified atom stereocenters. The summed E-state index contributed by atoms with van der Waals surface area (Å²) in [5, 5.41) is 0.721. The molecule has 1 saturated heterocycles. The summed E-state index contributed by atoms with van der Waals surface area (Å²) in [5.41, 5.74) is 7.88. The average Bonchev–Trinajstić information content (AvgIpc) is 2.55. The van der Waals surface area contributed by atoms with Crippen molar-refractivity contribution >= 4 is 41.3 Å². The number of carbonyl (C=O) groups is 1. The molecule has 1 aromatic heterocycles. The number of pyridine rings is 1. The highest BCUT2D eigenvalue weighted by atomic mass is 35.5. The molecular weight excluding hydrogens is 335 g/mol. The van der Waals surface area contributed by atoms with Gasteiger partial charge in [-0.1, -0.05) is 17.7 Å². The standard InChI is InChI=1S/C16H17ClN4O.ClH/c17-12-2-1-3-13(10-12)20-6-8-21(9-7-20)16(22)14-11-19-5-4-15(14)18;/h1-5,10-11H,6-9H2,(H2,18,19);1H. The number of nitrogens with zero attached hydrogens (tertiary/aromatic N) is 3. The molecule has 0 saturated carbocycles. The summed E-state index contributed by atoms with van der Waals surface area (Å²) >= 11 is 6.03. The topological polar surface area (TPSA) is 62.5 Å². The number of nitrogen functional groups attached to an aromatic ring is 1. The van der Waals surface area contributed by atoms with E-state index in [1.165, 1.54) is 6.20 Å². The second-order valence-electron chi connectivity index (χ2n) is 5.22. The second kappa shape index (κ2) is 7.53. The van der Waals surface area contributed by atoms with E-state index in [0.717, 1.165) is 23.8 Å². The number of hydrogen-bond acceptors (Lipinski definition) is 4. The van der Waals surface area contributed by atoms with Gasteiger partial charge in [0.25, 0.3) is 5.91 Å². The monoisotopic (exact) mass is 352 g/mol. The van der Waals surface area contributed by atoms with Gasteiger partial charge in [-0.05, 0) is 24.3 Å². The Morgan fingerprint density at radius 2 is 1.91 bits per heavy atom. The van der Waals surface area contributed by atoms with Crippen LogP contribution in [0.25, 0.3) is 0 Å². The molecule has 1 fully saturated rings. The molecule has 2 heterocycles. The first-order chi connectivity index (χ1) is 10.6. The van der Waals surface area contributed by atoms with Crippen molar-refractivity contribution in [3.63, 3.8) is 0 Å². The fourth-order valence-corrected chi connectivity index (χ4v) is 2.78. The normalized spacial score (nSPS) is 14.3. The van der Waals surface area contributed by atoms with Gasteiger partial charge >= 0.3 is 0 Å². The molecule has 0 aliphatic carbocycles. The number of piperazine rings is 1. The summed E-state index contributed by atoms with van der Waals surface area (Å²) in [7, 11) is 0. The van der Waals surface area contributed by atoms with Gasteiger partial charge in [-0.2, -0.15) is 0 Å². The van der Waals surface area contributed by atoms with Gasteiger partial charge in [0.05, 0.1) is 5.56 Å². The van der Waals surface area contributed by atoms with Crippen LogP contribution in [0, 0.1) is 0 Å². The van der Waals surface area contributed by atoms with E-state index in [4.69, 9.17) is 17.3 Å². The van der Waals surface area contributed by atoms with Gasteiger partial charge in [0.2, 0.25) is 0 Å². The molecule has 1 aliphatic rings. The molecule has 0 radical (unpaired) electrons.